The molecule has 0 N–H and O–H groups in total. The van der Waals surface area contributed by atoms with Gasteiger partial charge in [-0.3, -0.25) is 0 Å². The van der Waals surface area contributed by atoms with Crippen LogP contribution in [-0.4, -0.2) is 25.0 Å². The van der Waals surface area contributed by atoms with Gasteiger partial charge < -0.3 is 4.90 Å². The second-order valence-electron chi connectivity index (χ2n) is 5.97. The molecule has 2 heteroatoms. The van der Waals surface area contributed by atoms with Crippen LogP contribution in [0.4, 0.5) is 0 Å². The smallest absolute Gasteiger partial charge is 0.0666 e. The summed E-state index contributed by atoms with van der Waals surface area (Å²) in [4.78, 5) is 2.29. The van der Waals surface area contributed by atoms with Crippen LogP contribution in [0.2, 0.25) is 0 Å². The topological polar surface area (TPSA) is 27.0 Å². The number of hydrogen-bond acceptors (Lipinski definition) is 2. The molecule has 0 aromatic rings. The van der Waals surface area contributed by atoms with Crippen molar-refractivity contribution < 1.29 is 0 Å². The Hall–Kier alpha value is -0.550. The van der Waals surface area contributed by atoms with Crippen molar-refractivity contribution in [3.63, 3.8) is 0 Å². The fourth-order valence-electron chi connectivity index (χ4n) is 2.47. The maximum absolute atomic E-state index is 8.75. The largest absolute Gasteiger partial charge is 0.305 e. The summed E-state index contributed by atoms with van der Waals surface area (Å²) in [6.45, 7) is 6.32. The zero-order valence-electron chi connectivity index (χ0n) is 13.5. The lowest BCUT2D eigenvalue weighted by Crippen LogP contribution is -2.24. The Bertz CT molecular complexity index is 220. The highest BCUT2D eigenvalue weighted by Crippen LogP contribution is 2.10. The zero-order valence-corrected chi connectivity index (χ0v) is 13.5. The molecule has 0 aliphatic rings. The summed E-state index contributed by atoms with van der Waals surface area (Å²) in [6.07, 6.45) is 13.9. The summed E-state index contributed by atoms with van der Waals surface area (Å²) in [6, 6.07) is 2.29. The molecule has 112 valence electrons. The van der Waals surface area contributed by atoms with Crippen LogP contribution in [0.3, 0.4) is 0 Å². The molecule has 0 bridgehead atoms. The van der Waals surface area contributed by atoms with Crippen molar-refractivity contribution in [1.82, 2.24) is 4.90 Å². The predicted octanol–water partition coefficient (Wildman–Crippen LogP) is 5.00. The number of rotatable bonds is 13. The molecular weight excluding hydrogens is 232 g/mol. The van der Waals surface area contributed by atoms with E-state index in [4.69, 9.17) is 5.26 Å². The highest BCUT2D eigenvalue weighted by molar-refractivity contribution is 4.80. The van der Waals surface area contributed by atoms with E-state index in [1.54, 1.807) is 0 Å². The van der Waals surface area contributed by atoms with Crippen molar-refractivity contribution in [2.75, 3.05) is 20.1 Å². The summed E-state index contributed by atoms with van der Waals surface area (Å²) in [5.41, 5.74) is 0. The van der Waals surface area contributed by atoms with Crippen molar-refractivity contribution in [1.29, 1.82) is 5.26 Å². The van der Waals surface area contributed by atoms with E-state index in [9.17, 15) is 0 Å². The molecule has 0 aromatic carbocycles. The maximum Gasteiger partial charge on any atom is 0.0666 e. The molecule has 0 rings (SSSR count). The minimum absolute atomic E-state index is 0.160. The van der Waals surface area contributed by atoms with Gasteiger partial charge in [-0.15, -0.1) is 0 Å². The number of hydrogen-bond donors (Lipinski definition) is 0. The molecule has 0 heterocycles. The fraction of sp³-hybridized carbons (Fsp3) is 0.941. The van der Waals surface area contributed by atoms with Crippen LogP contribution in [0.25, 0.3) is 0 Å². The number of nitrogens with zero attached hydrogens (tertiary/aromatic N) is 2. The molecule has 1 unspecified atom stereocenters. The highest BCUT2D eigenvalue weighted by atomic mass is 15.1. The highest BCUT2D eigenvalue weighted by Gasteiger charge is 2.04. The fourth-order valence-corrected chi connectivity index (χ4v) is 2.47. The Balaban J connectivity index is 3.16. The van der Waals surface area contributed by atoms with Gasteiger partial charge >= 0.3 is 0 Å². The third kappa shape index (κ3) is 13.7. The van der Waals surface area contributed by atoms with Crippen LogP contribution in [0, 0.1) is 17.2 Å². The van der Waals surface area contributed by atoms with Gasteiger partial charge in [0, 0.05) is 6.54 Å². The lowest BCUT2D eigenvalue weighted by Gasteiger charge is -2.17. The van der Waals surface area contributed by atoms with Crippen LogP contribution in [0.1, 0.15) is 78.1 Å². The summed E-state index contributed by atoms with van der Waals surface area (Å²) >= 11 is 0. The summed E-state index contributed by atoms with van der Waals surface area (Å²) in [7, 11) is 2.13. The van der Waals surface area contributed by atoms with E-state index < -0.39 is 0 Å². The van der Waals surface area contributed by atoms with Crippen molar-refractivity contribution in [3.05, 3.63) is 0 Å². The van der Waals surface area contributed by atoms with Crippen LogP contribution in [-0.2, 0) is 0 Å². The Labute approximate surface area is 121 Å². The standard InChI is InChI=1S/C17H34N2/c1-4-5-6-7-8-9-10-11-12-13-14-19(3)16-17(2)15-18/h17H,4-14,16H2,1-3H3. The van der Waals surface area contributed by atoms with Gasteiger partial charge in [0.25, 0.3) is 0 Å². The van der Waals surface area contributed by atoms with Crippen LogP contribution in [0.5, 0.6) is 0 Å². The predicted molar refractivity (Wildman–Crippen MR) is 84.1 cm³/mol. The first-order chi connectivity index (χ1) is 9.20. The molecule has 0 saturated heterocycles. The van der Waals surface area contributed by atoms with Crippen LogP contribution < -0.4 is 0 Å². The van der Waals surface area contributed by atoms with Crippen LogP contribution in [0.15, 0.2) is 0 Å². The van der Waals surface area contributed by atoms with E-state index in [1.807, 2.05) is 6.92 Å². The number of unbranched alkanes of at least 4 members (excludes halogenated alkanes) is 9. The number of nitriles is 1. The Kier molecular flexibility index (Phi) is 13.5. The molecule has 0 radical (unpaired) electrons. The second kappa shape index (κ2) is 13.9. The van der Waals surface area contributed by atoms with Crippen molar-refractivity contribution in [3.8, 4) is 6.07 Å². The van der Waals surface area contributed by atoms with Gasteiger partial charge in [0.1, 0.15) is 0 Å². The van der Waals surface area contributed by atoms with Gasteiger partial charge in [-0.2, -0.15) is 5.26 Å². The van der Waals surface area contributed by atoms with Crippen molar-refractivity contribution in [2.45, 2.75) is 78.1 Å². The Morgan fingerprint density at radius 2 is 1.37 bits per heavy atom. The van der Waals surface area contributed by atoms with Gasteiger partial charge in [-0.25, -0.2) is 0 Å². The summed E-state index contributed by atoms with van der Waals surface area (Å²) < 4.78 is 0. The minimum atomic E-state index is 0.160. The molecule has 0 aromatic heterocycles. The van der Waals surface area contributed by atoms with Crippen molar-refractivity contribution in [2.24, 2.45) is 5.92 Å². The third-order valence-electron chi connectivity index (χ3n) is 3.70. The molecule has 0 aliphatic heterocycles. The van der Waals surface area contributed by atoms with E-state index >= 15 is 0 Å². The third-order valence-corrected chi connectivity index (χ3v) is 3.70. The lowest BCUT2D eigenvalue weighted by atomic mass is 10.1. The van der Waals surface area contributed by atoms with Gasteiger partial charge in [-0.1, -0.05) is 64.7 Å². The van der Waals surface area contributed by atoms with E-state index in [0.717, 1.165) is 13.1 Å². The summed E-state index contributed by atoms with van der Waals surface area (Å²) in [5, 5.41) is 8.75. The SMILES string of the molecule is CCCCCCCCCCCCN(C)CC(C)C#N. The Morgan fingerprint density at radius 3 is 1.84 bits per heavy atom. The van der Waals surface area contributed by atoms with Crippen molar-refractivity contribution >= 4 is 0 Å². The van der Waals surface area contributed by atoms with Gasteiger partial charge in [-0.05, 0) is 26.9 Å². The van der Waals surface area contributed by atoms with Gasteiger partial charge in [0.05, 0.1) is 12.0 Å². The first kappa shape index (κ1) is 18.4. The first-order valence-corrected chi connectivity index (χ1v) is 8.28. The van der Waals surface area contributed by atoms with Crippen LogP contribution >= 0.6 is 0 Å². The molecule has 0 spiro atoms. The van der Waals surface area contributed by atoms with Gasteiger partial charge in [0.15, 0.2) is 0 Å². The normalized spacial score (nSPS) is 12.6. The minimum Gasteiger partial charge on any atom is -0.305 e. The van der Waals surface area contributed by atoms with E-state index in [0.29, 0.717) is 0 Å². The van der Waals surface area contributed by atoms with E-state index in [1.165, 1.54) is 64.2 Å². The molecule has 1 atom stereocenters. The zero-order chi connectivity index (χ0) is 14.3. The molecule has 0 fully saturated rings. The molecular formula is C17H34N2. The van der Waals surface area contributed by atoms with E-state index in [2.05, 4.69) is 24.9 Å². The monoisotopic (exact) mass is 266 g/mol. The molecule has 0 aliphatic carbocycles. The lowest BCUT2D eigenvalue weighted by molar-refractivity contribution is 0.302. The average molecular weight is 266 g/mol. The molecule has 0 saturated carbocycles. The second-order valence-corrected chi connectivity index (χ2v) is 5.97. The first-order valence-electron chi connectivity index (χ1n) is 8.28. The molecule has 19 heavy (non-hydrogen) atoms. The molecule has 0 amide bonds. The van der Waals surface area contributed by atoms with E-state index in [-0.39, 0.29) is 5.92 Å². The maximum atomic E-state index is 8.75. The average Bonchev–Trinajstić information content (AvgIpc) is 2.40. The Morgan fingerprint density at radius 1 is 0.895 bits per heavy atom. The molecule has 2 nitrogen and oxygen atoms in total. The van der Waals surface area contributed by atoms with Gasteiger partial charge in [0.2, 0.25) is 0 Å². The summed E-state index contributed by atoms with van der Waals surface area (Å²) in [5.74, 6) is 0.160. The quantitative estimate of drug-likeness (QED) is 0.439.